The molecule has 0 aliphatic carbocycles. The number of rotatable bonds is 9. The lowest BCUT2D eigenvalue weighted by Gasteiger charge is -2.05. The first-order valence-electron chi connectivity index (χ1n) is 15.6. The number of halogens is 2. The van der Waals surface area contributed by atoms with Crippen LogP contribution in [0.2, 0.25) is 10.0 Å². The van der Waals surface area contributed by atoms with Gasteiger partial charge in [0.2, 0.25) is 0 Å². The highest BCUT2D eigenvalue weighted by Crippen LogP contribution is 2.19. The highest BCUT2D eigenvalue weighted by Gasteiger charge is 2.12. The lowest BCUT2D eigenvalue weighted by atomic mass is 10.0. The van der Waals surface area contributed by atoms with Gasteiger partial charge in [0.15, 0.2) is 11.6 Å². The number of phenols is 1. The van der Waals surface area contributed by atoms with Gasteiger partial charge in [-0.25, -0.2) is 19.2 Å². The summed E-state index contributed by atoms with van der Waals surface area (Å²) in [6.07, 6.45) is 0. The van der Waals surface area contributed by atoms with Gasteiger partial charge >= 0.3 is 23.9 Å². The van der Waals surface area contributed by atoms with E-state index in [0.717, 1.165) is 0 Å². The molecule has 0 bridgehead atoms. The van der Waals surface area contributed by atoms with Gasteiger partial charge in [0.1, 0.15) is 11.5 Å². The molecule has 2 N–H and O–H groups in total. The van der Waals surface area contributed by atoms with Crippen molar-refractivity contribution in [3.8, 4) is 11.5 Å². The molecule has 4 aromatic rings. The van der Waals surface area contributed by atoms with Gasteiger partial charge in [-0.1, -0.05) is 49.5 Å². The molecule has 0 spiro atoms. The molecule has 0 heterocycles. The van der Waals surface area contributed by atoms with E-state index in [4.69, 9.17) is 38.2 Å². The molecule has 10 nitrogen and oxygen atoms in total. The molecular formula is C42H38Cl2O10. The van der Waals surface area contributed by atoms with Crippen LogP contribution in [0.25, 0.3) is 0 Å². The molecule has 0 saturated heterocycles. The molecular weight excluding hydrogens is 735 g/mol. The number of carboxylic acids is 1. The maximum Gasteiger partial charge on any atom is 0.340 e. The fourth-order valence-electron chi connectivity index (χ4n) is 3.28. The van der Waals surface area contributed by atoms with Crippen molar-refractivity contribution in [1.82, 2.24) is 0 Å². The number of carbonyl (C=O) groups excluding carboxylic acids is 5. The summed E-state index contributed by atoms with van der Waals surface area (Å²) in [4.78, 5) is 66.5. The van der Waals surface area contributed by atoms with Gasteiger partial charge in [0, 0.05) is 54.6 Å². The first kappa shape index (κ1) is 45.7. The van der Waals surface area contributed by atoms with E-state index < -0.39 is 23.9 Å². The Hall–Kier alpha value is -6.36. The van der Waals surface area contributed by atoms with E-state index in [1.807, 2.05) is 0 Å². The predicted molar refractivity (Wildman–Crippen MR) is 208 cm³/mol. The van der Waals surface area contributed by atoms with Crippen molar-refractivity contribution in [3.63, 3.8) is 0 Å². The van der Waals surface area contributed by atoms with Gasteiger partial charge in [0.25, 0.3) is 0 Å². The number of ether oxygens (including phenoxy) is 2. The topological polar surface area (TPSA) is 161 Å². The fraction of sp³-hybridized carbons (Fsp3) is 0.0952. The molecule has 280 valence electrons. The molecule has 12 heteroatoms. The number of ketones is 2. The molecule has 0 aliphatic heterocycles. The van der Waals surface area contributed by atoms with E-state index in [2.05, 4.69) is 31.1 Å². The third-order valence-corrected chi connectivity index (χ3v) is 6.77. The van der Waals surface area contributed by atoms with Gasteiger partial charge in [-0.3, -0.25) is 9.59 Å². The van der Waals surface area contributed by atoms with Gasteiger partial charge in [-0.15, -0.1) is 0 Å². The van der Waals surface area contributed by atoms with Crippen LogP contribution < -0.4 is 4.74 Å². The quantitative estimate of drug-likeness (QED) is 0.0552. The summed E-state index contributed by atoms with van der Waals surface area (Å²) in [6.45, 7) is 19.2. The number of phenolic OH excluding ortho intramolecular Hbond substituents is 1. The third kappa shape index (κ3) is 16.8. The van der Waals surface area contributed by atoms with Gasteiger partial charge < -0.3 is 19.7 Å². The van der Waals surface area contributed by atoms with Crippen LogP contribution in [0.15, 0.2) is 146 Å². The van der Waals surface area contributed by atoms with Crippen molar-refractivity contribution in [3.05, 3.63) is 178 Å². The van der Waals surface area contributed by atoms with Crippen LogP contribution in [0, 0.1) is 0 Å². The number of carboxylic acid groups (broad SMARTS) is 1. The van der Waals surface area contributed by atoms with Crippen molar-refractivity contribution in [2.75, 3.05) is 0 Å². The summed E-state index contributed by atoms with van der Waals surface area (Å²) in [5.74, 6) is -2.54. The Bertz CT molecular complexity index is 1940. The van der Waals surface area contributed by atoms with Crippen molar-refractivity contribution < 1.29 is 48.5 Å². The Labute approximate surface area is 323 Å². The number of esters is 3. The van der Waals surface area contributed by atoms with Crippen molar-refractivity contribution in [1.29, 1.82) is 0 Å². The Morgan fingerprint density at radius 3 is 1.04 bits per heavy atom. The number of aliphatic carboxylic acids is 1. The lowest BCUT2D eigenvalue weighted by Crippen LogP contribution is -2.12. The molecule has 0 amide bonds. The summed E-state index contributed by atoms with van der Waals surface area (Å²) in [5.41, 5.74) is 3.05. The third-order valence-electron chi connectivity index (χ3n) is 6.27. The second-order valence-corrected chi connectivity index (χ2v) is 12.1. The van der Waals surface area contributed by atoms with Crippen LogP contribution in [-0.4, -0.2) is 45.7 Å². The SMILES string of the molecule is C=C(C)C(=O)O.C=C(C)C(=O)OC(=O)C(=C)C.C=C(C)C(=O)Oc1ccc(C(=O)c2ccc(Cl)cc2)cc1.O=C(c1ccc(O)cc1)c1ccc(Cl)cc1. The largest absolute Gasteiger partial charge is 0.508 e. The van der Waals surface area contributed by atoms with Crippen molar-refractivity contribution in [2.45, 2.75) is 27.7 Å². The zero-order valence-electron chi connectivity index (χ0n) is 30.0. The van der Waals surface area contributed by atoms with Crippen LogP contribution in [0.4, 0.5) is 0 Å². The van der Waals surface area contributed by atoms with Crippen LogP contribution in [0.1, 0.15) is 59.5 Å². The van der Waals surface area contributed by atoms with Crippen molar-refractivity contribution in [2.24, 2.45) is 0 Å². The summed E-state index contributed by atoms with van der Waals surface area (Å²) in [6, 6.07) is 25.9. The number of carbonyl (C=O) groups is 6. The highest BCUT2D eigenvalue weighted by atomic mass is 35.5. The molecule has 0 aromatic heterocycles. The highest BCUT2D eigenvalue weighted by molar-refractivity contribution is 6.31. The zero-order chi connectivity index (χ0) is 41.1. The minimum absolute atomic E-state index is 0.0864. The first-order chi connectivity index (χ1) is 25.2. The van der Waals surface area contributed by atoms with Gasteiger partial charge in [-0.05, 0) is 125 Å². The maximum atomic E-state index is 12.2. The minimum Gasteiger partial charge on any atom is -0.508 e. The molecule has 0 atom stereocenters. The van der Waals surface area contributed by atoms with Crippen LogP contribution in [0.3, 0.4) is 0 Å². The second-order valence-electron chi connectivity index (χ2n) is 11.2. The average molecular weight is 774 g/mol. The van der Waals surface area contributed by atoms with E-state index in [1.165, 1.54) is 32.9 Å². The van der Waals surface area contributed by atoms with Crippen LogP contribution in [0.5, 0.6) is 11.5 Å². The lowest BCUT2D eigenvalue weighted by molar-refractivity contribution is -0.154. The number of aromatic hydroxyl groups is 1. The van der Waals surface area contributed by atoms with Gasteiger partial charge in [-0.2, -0.15) is 0 Å². The summed E-state index contributed by atoms with van der Waals surface area (Å²) < 4.78 is 9.36. The standard InChI is InChI=1S/C17H13ClO3.C13H9ClO2.C8H10O3.C4H6O2/c1-11(2)17(20)21-15-9-5-13(6-10-15)16(19)12-3-7-14(18)8-4-12;14-11-5-1-9(2-6-11)13(16)10-3-7-12(15)8-4-10;1-5(2)7(9)11-8(10)6(3)4;1-3(2)4(5)6/h3-10H,1H2,2H3;1-8,15H;1,3H2,2,4H3;1H2,2H3,(H,5,6). The molecule has 0 unspecified atom stereocenters. The Morgan fingerprint density at radius 1 is 0.481 bits per heavy atom. The Kier molecular flexibility index (Phi) is 19.1. The molecule has 0 aliphatic rings. The number of hydrogen-bond acceptors (Lipinski definition) is 9. The Balaban J connectivity index is 0.000000392. The van der Waals surface area contributed by atoms with E-state index in [1.54, 1.807) is 91.9 Å². The zero-order valence-corrected chi connectivity index (χ0v) is 31.5. The summed E-state index contributed by atoms with van der Waals surface area (Å²) in [5, 5.41) is 18.2. The molecule has 4 aromatic carbocycles. The van der Waals surface area contributed by atoms with E-state index in [9.17, 15) is 28.8 Å². The average Bonchev–Trinajstić information content (AvgIpc) is 3.13. The fourth-order valence-corrected chi connectivity index (χ4v) is 3.53. The summed E-state index contributed by atoms with van der Waals surface area (Å²) >= 11 is 11.5. The monoisotopic (exact) mass is 772 g/mol. The molecule has 54 heavy (non-hydrogen) atoms. The molecule has 0 saturated carbocycles. The van der Waals surface area contributed by atoms with Crippen LogP contribution in [-0.2, 0) is 23.9 Å². The predicted octanol–water partition coefficient (Wildman–Crippen LogP) is 9.18. The Morgan fingerprint density at radius 2 is 0.759 bits per heavy atom. The maximum absolute atomic E-state index is 12.2. The molecule has 4 rings (SSSR count). The van der Waals surface area contributed by atoms with Crippen molar-refractivity contribution >= 4 is 58.6 Å². The molecule has 0 radical (unpaired) electrons. The van der Waals surface area contributed by atoms with E-state index >= 15 is 0 Å². The summed E-state index contributed by atoms with van der Waals surface area (Å²) in [7, 11) is 0. The smallest absolute Gasteiger partial charge is 0.340 e. The van der Waals surface area contributed by atoms with E-state index in [-0.39, 0.29) is 34.0 Å². The minimum atomic E-state index is -0.935. The number of benzene rings is 4. The van der Waals surface area contributed by atoms with Crippen LogP contribution >= 0.6 is 23.2 Å². The van der Waals surface area contributed by atoms with Gasteiger partial charge in [0.05, 0.1) is 0 Å². The second kappa shape index (κ2) is 22.5. The number of hydrogen-bond donors (Lipinski definition) is 2. The van der Waals surface area contributed by atoms with E-state index in [0.29, 0.717) is 43.6 Å². The molecule has 0 fully saturated rings. The normalized spacial score (nSPS) is 9.44. The first-order valence-corrected chi connectivity index (χ1v) is 16.3.